The molecule has 1 aromatic heterocycles. The molecule has 0 spiro atoms. The molecule has 188 valence electrons. The number of amides is 1. The lowest BCUT2D eigenvalue weighted by Gasteiger charge is -2.26. The van der Waals surface area contributed by atoms with Gasteiger partial charge in [-0.15, -0.1) is 0 Å². The van der Waals surface area contributed by atoms with Gasteiger partial charge in [0, 0.05) is 5.56 Å². The van der Waals surface area contributed by atoms with Crippen molar-refractivity contribution < 1.29 is 38.1 Å². The van der Waals surface area contributed by atoms with Crippen LogP contribution in [0.15, 0.2) is 64.8 Å². The number of carbonyl (C=O) groups excluding carboxylic acids is 2. The summed E-state index contributed by atoms with van der Waals surface area (Å²) in [6.07, 6.45) is 1.49. The van der Waals surface area contributed by atoms with Crippen LogP contribution in [-0.2, 0) is 16.1 Å². The molecule has 9 nitrogen and oxygen atoms in total. The Kier molecular flexibility index (Phi) is 7.19. The second kappa shape index (κ2) is 10.5. The fourth-order valence-electron chi connectivity index (χ4n) is 4.27. The predicted molar refractivity (Wildman–Crippen MR) is 130 cm³/mol. The monoisotopic (exact) mass is 493 g/mol. The van der Waals surface area contributed by atoms with Gasteiger partial charge in [0.25, 0.3) is 11.7 Å². The number of nitrogens with zero attached hydrogens (tertiary/aromatic N) is 1. The number of benzene rings is 2. The summed E-state index contributed by atoms with van der Waals surface area (Å²) in [7, 11) is 4.43. The van der Waals surface area contributed by atoms with Crippen LogP contribution in [-0.4, -0.2) is 49.6 Å². The highest BCUT2D eigenvalue weighted by atomic mass is 16.5. The Morgan fingerprint density at radius 1 is 1.00 bits per heavy atom. The Hall–Kier alpha value is -4.40. The SMILES string of the molecule is CCOc1cccc(/C(O)=C2\C(=O)C(=O)N(Cc3ccco3)C2c2cc(OC)c(OC)c(OC)c2)c1. The van der Waals surface area contributed by atoms with Crippen molar-refractivity contribution >= 4 is 17.4 Å². The third-order valence-corrected chi connectivity index (χ3v) is 5.87. The van der Waals surface area contributed by atoms with Gasteiger partial charge >= 0.3 is 0 Å². The molecular weight excluding hydrogens is 466 g/mol. The molecule has 1 unspecified atom stereocenters. The van der Waals surface area contributed by atoms with Gasteiger partial charge in [0.1, 0.15) is 17.3 Å². The molecule has 1 aliphatic heterocycles. The van der Waals surface area contributed by atoms with Gasteiger partial charge < -0.3 is 33.4 Å². The van der Waals surface area contributed by atoms with E-state index in [4.69, 9.17) is 23.4 Å². The summed E-state index contributed by atoms with van der Waals surface area (Å²) >= 11 is 0. The van der Waals surface area contributed by atoms with Crippen molar-refractivity contribution in [1.82, 2.24) is 4.90 Å². The van der Waals surface area contributed by atoms with Crippen LogP contribution in [0.25, 0.3) is 5.76 Å². The van der Waals surface area contributed by atoms with Gasteiger partial charge in [0.05, 0.1) is 52.4 Å². The number of furan rings is 1. The van der Waals surface area contributed by atoms with E-state index in [9.17, 15) is 14.7 Å². The number of Topliss-reactive ketones (excluding diaryl/α,β-unsaturated/α-hetero) is 1. The summed E-state index contributed by atoms with van der Waals surface area (Å²) in [4.78, 5) is 27.9. The molecule has 1 amide bonds. The molecule has 1 atom stereocenters. The van der Waals surface area contributed by atoms with E-state index >= 15 is 0 Å². The average molecular weight is 494 g/mol. The zero-order chi connectivity index (χ0) is 25.8. The van der Waals surface area contributed by atoms with Crippen molar-refractivity contribution in [3.63, 3.8) is 0 Å². The highest BCUT2D eigenvalue weighted by Crippen LogP contribution is 2.46. The van der Waals surface area contributed by atoms with E-state index < -0.39 is 17.7 Å². The number of methoxy groups -OCH3 is 3. The summed E-state index contributed by atoms with van der Waals surface area (Å²) in [6.45, 7) is 2.29. The number of ketones is 1. The maximum atomic E-state index is 13.3. The molecule has 9 heteroatoms. The Bertz CT molecular complexity index is 1270. The van der Waals surface area contributed by atoms with Crippen molar-refractivity contribution in [3.05, 3.63) is 77.3 Å². The summed E-state index contributed by atoms with van der Waals surface area (Å²) < 4.78 is 27.4. The van der Waals surface area contributed by atoms with E-state index in [-0.39, 0.29) is 17.9 Å². The van der Waals surface area contributed by atoms with Gasteiger partial charge in [0.2, 0.25) is 5.75 Å². The number of rotatable bonds is 9. The largest absolute Gasteiger partial charge is 0.507 e. The van der Waals surface area contributed by atoms with Crippen molar-refractivity contribution in [1.29, 1.82) is 0 Å². The normalized spacial score (nSPS) is 16.8. The molecule has 36 heavy (non-hydrogen) atoms. The molecule has 0 radical (unpaired) electrons. The van der Waals surface area contributed by atoms with E-state index in [0.717, 1.165) is 0 Å². The molecule has 4 rings (SSSR count). The molecular formula is C27H27NO8. The average Bonchev–Trinajstić information content (AvgIpc) is 3.50. The number of aliphatic hydroxyl groups is 1. The first-order valence-electron chi connectivity index (χ1n) is 11.3. The van der Waals surface area contributed by atoms with E-state index in [1.807, 2.05) is 6.92 Å². The van der Waals surface area contributed by atoms with Gasteiger partial charge in [-0.05, 0) is 48.9 Å². The Balaban J connectivity index is 1.93. The van der Waals surface area contributed by atoms with E-state index in [1.165, 1.54) is 32.5 Å². The number of hydrogen-bond acceptors (Lipinski definition) is 8. The van der Waals surface area contributed by atoms with Crippen molar-refractivity contribution in [2.45, 2.75) is 19.5 Å². The zero-order valence-corrected chi connectivity index (χ0v) is 20.4. The topological polar surface area (TPSA) is 108 Å². The lowest BCUT2D eigenvalue weighted by Crippen LogP contribution is -2.29. The van der Waals surface area contributed by atoms with Crippen molar-refractivity contribution in [3.8, 4) is 23.0 Å². The highest BCUT2D eigenvalue weighted by Gasteiger charge is 2.47. The van der Waals surface area contributed by atoms with Gasteiger partial charge in [-0.25, -0.2) is 0 Å². The number of likely N-dealkylation sites (tertiary alicyclic amines) is 1. The fourth-order valence-corrected chi connectivity index (χ4v) is 4.27. The summed E-state index contributed by atoms with van der Waals surface area (Å²) in [5.41, 5.74) is 0.752. The number of aliphatic hydroxyl groups excluding tert-OH is 1. The fraction of sp³-hybridized carbons (Fsp3) is 0.259. The first-order valence-corrected chi connectivity index (χ1v) is 11.3. The van der Waals surface area contributed by atoms with Crippen LogP contribution in [0.5, 0.6) is 23.0 Å². The molecule has 1 fully saturated rings. The number of carbonyl (C=O) groups is 2. The third kappa shape index (κ3) is 4.47. The molecule has 0 bridgehead atoms. The molecule has 1 N–H and O–H groups in total. The predicted octanol–water partition coefficient (Wildman–Crippen LogP) is 4.33. The van der Waals surface area contributed by atoms with Crippen molar-refractivity contribution in [2.75, 3.05) is 27.9 Å². The minimum atomic E-state index is -0.959. The number of hydrogen-bond donors (Lipinski definition) is 1. The molecule has 0 saturated carbocycles. The molecule has 2 heterocycles. The maximum Gasteiger partial charge on any atom is 0.296 e. The second-order valence-electron chi connectivity index (χ2n) is 7.93. The molecule has 0 aliphatic carbocycles. The van der Waals surface area contributed by atoms with E-state index in [1.54, 1.807) is 48.5 Å². The number of ether oxygens (including phenoxy) is 4. The Morgan fingerprint density at radius 2 is 1.72 bits per heavy atom. The van der Waals surface area contributed by atoms with Crippen LogP contribution in [0.1, 0.15) is 29.9 Å². The van der Waals surface area contributed by atoms with Crippen LogP contribution >= 0.6 is 0 Å². The Labute approximate surface area is 208 Å². The van der Waals surface area contributed by atoms with Crippen LogP contribution in [0.3, 0.4) is 0 Å². The lowest BCUT2D eigenvalue weighted by atomic mass is 9.94. The van der Waals surface area contributed by atoms with E-state index in [0.29, 0.717) is 46.5 Å². The lowest BCUT2D eigenvalue weighted by molar-refractivity contribution is -0.140. The molecule has 1 saturated heterocycles. The quantitative estimate of drug-likeness (QED) is 0.267. The maximum absolute atomic E-state index is 13.3. The Morgan fingerprint density at radius 3 is 2.31 bits per heavy atom. The second-order valence-corrected chi connectivity index (χ2v) is 7.93. The van der Waals surface area contributed by atoms with Gasteiger partial charge in [-0.3, -0.25) is 9.59 Å². The third-order valence-electron chi connectivity index (χ3n) is 5.87. The summed E-state index contributed by atoms with van der Waals surface area (Å²) in [6, 6.07) is 12.4. The van der Waals surface area contributed by atoms with Gasteiger partial charge in [-0.2, -0.15) is 0 Å². The first kappa shape index (κ1) is 24.7. The van der Waals surface area contributed by atoms with Crippen LogP contribution in [0, 0.1) is 0 Å². The van der Waals surface area contributed by atoms with Crippen LogP contribution in [0.2, 0.25) is 0 Å². The standard InChI is InChI=1S/C27H27NO8/c1-5-35-18-9-6-8-16(12-18)24(29)22-23(17-13-20(32-2)26(34-4)21(14-17)33-3)28(27(31)25(22)30)15-19-10-7-11-36-19/h6-14,23,29H,5,15H2,1-4H3/b24-22+. The summed E-state index contributed by atoms with van der Waals surface area (Å²) in [5, 5.41) is 11.3. The smallest absolute Gasteiger partial charge is 0.296 e. The molecule has 2 aromatic carbocycles. The zero-order valence-electron chi connectivity index (χ0n) is 20.4. The summed E-state index contributed by atoms with van der Waals surface area (Å²) in [5.74, 6) is 0.130. The molecule has 1 aliphatic rings. The first-order chi connectivity index (χ1) is 17.4. The van der Waals surface area contributed by atoms with Gasteiger partial charge in [0.15, 0.2) is 11.5 Å². The van der Waals surface area contributed by atoms with Crippen LogP contribution in [0.4, 0.5) is 0 Å². The minimum absolute atomic E-state index is 0.00860. The highest BCUT2D eigenvalue weighted by molar-refractivity contribution is 6.46. The van der Waals surface area contributed by atoms with Crippen molar-refractivity contribution in [2.24, 2.45) is 0 Å². The minimum Gasteiger partial charge on any atom is -0.507 e. The molecule has 3 aromatic rings. The van der Waals surface area contributed by atoms with Crippen LogP contribution < -0.4 is 18.9 Å². The van der Waals surface area contributed by atoms with E-state index in [2.05, 4.69) is 0 Å². The van der Waals surface area contributed by atoms with Gasteiger partial charge in [-0.1, -0.05) is 12.1 Å².